The van der Waals surface area contributed by atoms with Crippen molar-refractivity contribution in [2.45, 2.75) is 6.18 Å². The third-order valence-electron chi connectivity index (χ3n) is 2.46. The zero-order valence-electron chi connectivity index (χ0n) is 9.91. The lowest BCUT2D eigenvalue weighted by Crippen LogP contribution is -2.13. The van der Waals surface area contributed by atoms with Crippen LogP contribution in [0.4, 0.5) is 18.9 Å². The molecule has 0 atom stereocenters. The minimum atomic E-state index is -4.47. The normalized spacial score (nSPS) is 11.2. The van der Waals surface area contributed by atoms with E-state index in [1.165, 1.54) is 30.6 Å². The Labute approximate surface area is 117 Å². The maximum atomic E-state index is 12.5. The smallest absolute Gasteiger partial charge is 0.322 e. The molecular formula is C13H8ClF3N2O. The van der Waals surface area contributed by atoms with Crippen molar-refractivity contribution in [1.29, 1.82) is 0 Å². The Bertz CT molecular complexity index is 644. The molecule has 1 aromatic carbocycles. The molecule has 0 fully saturated rings. The van der Waals surface area contributed by atoms with E-state index in [-0.39, 0.29) is 16.3 Å². The second kappa shape index (κ2) is 5.50. The largest absolute Gasteiger partial charge is 0.416 e. The summed E-state index contributed by atoms with van der Waals surface area (Å²) >= 11 is 5.81. The summed E-state index contributed by atoms with van der Waals surface area (Å²) < 4.78 is 37.6. The summed E-state index contributed by atoms with van der Waals surface area (Å²) in [4.78, 5) is 15.6. The van der Waals surface area contributed by atoms with Crippen LogP contribution in [0.1, 0.15) is 15.9 Å². The Balaban J connectivity index is 2.23. The van der Waals surface area contributed by atoms with Gasteiger partial charge in [-0.2, -0.15) is 13.2 Å². The molecule has 0 radical (unpaired) electrons. The van der Waals surface area contributed by atoms with Gasteiger partial charge in [-0.05, 0) is 24.3 Å². The van der Waals surface area contributed by atoms with Gasteiger partial charge >= 0.3 is 6.18 Å². The number of hydrogen-bond acceptors (Lipinski definition) is 2. The predicted octanol–water partition coefficient (Wildman–Crippen LogP) is 4.01. The maximum absolute atomic E-state index is 12.5. The van der Waals surface area contributed by atoms with Gasteiger partial charge in [0.25, 0.3) is 5.91 Å². The van der Waals surface area contributed by atoms with E-state index in [9.17, 15) is 18.0 Å². The monoisotopic (exact) mass is 300 g/mol. The summed E-state index contributed by atoms with van der Waals surface area (Å²) in [6, 6.07) is 5.76. The zero-order chi connectivity index (χ0) is 14.8. The first kappa shape index (κ1) is 14.3. The van der Waals surface area contributed by atoms with Gasteiger partial charge in [-0.3, -0.25) is 9.78 Å². The number of rotatable bonds is 2. The minimum absolute atomic E-state index is 0.0322. The van der Waals surface area contributed by atoms with Crippen LogP contribution < -0.4 is 5.32 Å². The topological polar surface area (TPSA) is 42.0 Å². The molecule has 0 spiro atoms. The van der Waals surface area contributed by atoms with Gasteiger partial charge in [0, 0.05) is 18.1 Å². The summed E-state index contributed by atoms with van der Waals surface area (Å²) in [6.07, 6.45) is -1.82. The molecule has 1 heterocycles. The van der Waals surface area contributed by atoms with Crippen molar-refractivity contribution < 1.29 is 18.0 Å². The van der Waals surface area contributed by atoms with Crippen LogP contribution in [0.3, 0.4) is 0 Å². The van der Waals surface area contributed by atoms with Gasteiger partial charge in [-0.15, -0.1) is 0 Å². The van der Waals surface area contributed by atoms with Gasteiger partial charge in [0.15, 0.2) is 0 Å². The van der Waals surface area contributed by atoms with Crippen LogP contribution in [-0.2, 0) is 6.18 Å². The van der Waals surface area contributed by atoms with E-state index in [2.05, 4.69) is 10.3 Å². The fraction of sp³-hybridized carbons (Fsp3) is 0.0769. The van der Waals surface area contributed by atoms with E-state index < -0.39 is 17.6 Å². The lowest BCUT2D eigenvalue weighted by Gasteiger charge is -2.10. The molecule has 1 amide bonds. The predicted molar refractivity (Wildman–Crippen MR) is 68.6 cm³/mol. The molecule has 20 heavy (non-hydrogen) atoms. The van der Waals surface area contributed by atoms with Crippen LogP contribution in [0.5, 0.6) is 0 Å². The standard InChI is InChI=1S/C13H8ClF3N2O/c14-11-4-5-18-7-10(11)12(20)19-9-3-1-2-8(6-9)13(15,16)17/h1-7H,(H,19,20). The first-order chi connectivity index (χ1) is 9.38. The molecule has 0 aliphatic rings. The van der Waals surface area contributed by atoms with Crippen LogP contribution in [0.25, 0.3) is 0 Å². The zero-order valence-corrected chi connectivity index (χ0v) is 10.7. The average molecular weight is 301 g/mol. The number of halogens is 4. The van der Waals surface area contributed by atoms with Gasteiger partial charge in [-0.1, -0.05) is 17.7 Å². The summed E-state index contributed by atoms with van der Waals surface area (Å²) in [6.45, 7) is 0. The van der Waals surface area contributed by atoms with E-state index in [4.69, 9.17) is 11.6 Å². The Morgan fingerprint density at radius 2 is 2.00 bits per heavy atom. The van der Waals surface area contributed by atoms with Crippen molar-refractivity contribution >= 4 is 23.2 Å². The number of nitrogens with zero attached hydrogens (tertiary/aromatic N) is 1. The van der Waals surface area contributed by atoms with Crippen molar-refractivity contribution in [2.75, 3.05) is 5.32 Å². The molecule has 1 aromatic heterocycles. The first-order valence-corrected chi connectivity index (χ1v) is 5.84. The van der Waals surface area contributed by atoms with Gasteiger partial charge in [0.2, 0.25) is 0 Å². The summed E-state index contributed by atoms with van der Waals surface area (Å²) in [5.41, 5.74) is -0.719. The van der Waals surface area contributed by atoms with E-state index in [1.54, 1.807) is 0 Å². The van der Waals surface area contributed by atoms with Crippen LogP contribution in [-0.4, -0.2) is 10.9 Å². The van der Waals surface area contributed by atoms with Gasteiger partial charge < -0.3 is 5.32 Å². The van der Waals surface area contributed by atoms with E-state index in [1.807, 2.05) is 0 Å². The molecule has 2 aromatic rings. The SMILES string of the molecule is O=C(Nc1cccc(C(F)(F)F)c1)c1cnccc1Cl. The summed E-state index contributed by atoms with van der Waals surface area (Å²) in [5.74, 6) is -0.623. The van der Waals surface area contributed by atoms with Crippen molar-refractivity contribution in [3.05, 3.63) is 58.9 Å². The molecule has 0 aliphatic heterocycles. The number of benzene rings is 1. The number of anilines is 1. The Hall–Kier alpha value is -2.08. The first-order valence-electron chi connectivity index (χ1n) is 5.46. The highest BCUT2D eigenvalue weighted by atomic mass is 35.5. The lowest BCUT2D eigenvalue weighted by atomic mass is 10.2. The molecule has 2 rings (SSSR count). The quantitative estimate of drug-likeness (QED) is 0.910. The highest BCUT2D eigenvalue weighted by Crippen LogP contribution is 2.30. The van der Waals surface area contributed by atoms with Crippen molar-refractivity contribution in [3.8, 4) is 0 Å². The van der Waals surface area contributed by atoms with Crippen LogP contribution >= 0.6 is 11.6 Å². The number of nitrogens with one attached hydrogen (secondary N) is 1. The summed E-state index contributed by atoms with van der Waals surface area (Å²) in [5, 5.41) is 2.52. The lowest BCUT2D eigenvalue weighted by molar-refractivity contribution is -0.137. The van der Waals surface area contributed by atoms with Crippen LogP contribution in [0.2, 0.25) is 5.02 Å². The van der Waals surface area contributed by atoms with Crippen LogP contribution in [0, 0.1) is 0 Å². The average Bonchev–Trinajstić information content (AvgIpc) is 2.38. The number of alkyl halides is 3. The van der Waals surface area contributed by atoms with E-state index >= 15 is 0 Å². The molecule has 3 nitrogen and oxygen atoms in total. The Morgan fingerprint density at radius 3 is 2.65 bits per heavy atom. The van der Waals surface area contributed by atoms with Gasteiger partial charge in [0.05, 0.1) is 16.1 Å². The highest BCUT2D eigenvalue weighted by Gasteiger charge is 2.30. The van der Waals surface area contributed by atoms with E-state index in [0.717, 1.165) is 12.1 Å². The number of hydrogen-bond donors (Lipinski definition) is 1. The second-order valence-electron chi connectivity index (χ2n) is 3.89. The van der Waals surface area contributed by atoms with Crippen molar-refractivity contribution in [2.24, 2.45) is 0 Å². The third-order valence-corrected chi connectivity index (χ3v) is 2.79. The maximum Gasteiger partial charge on any atom is 0.416 e. The highest BCUT2D eigenvalue weighted by molar-refractivity contribution is 6.34. The van der Waals surface area contributed by atoms with Crippen LogP contribution in [0.15, 0.2) is 42.7 Å². The number of pyridine rings is 1. The molecule has 0 unspecified atom stereocenters. The molecule has 0 aliphatic carbocycles. The molecule has 0 saturated carbocycles. The molecule has 0 saturated heterocycles. The Morgan fingerprint density at radius 1 is 1.25 bits per heavy atom. The third kappa shape index (κ3) is 3.27. The second-order valence-corrected chi connectivity index (χ2v) is 4.30. The molecule has 7 heteroatoms. The van der Waals surface area contributed by atoms with Gasteiger partial charge in [-0.25, -0.2) is 0 Å². The van der Waals surface area contributed by atoms with Crippen molar-refractivity contribution in [1.82, 2.24) is 4.98 Å². The fourth-order valence-corrected chi connectivity index (χ4v) is 1.71. The number of amides is 1. The minimum Gasteiger partial charge on any atom is -0.322 e. The van der Waals surface area contributed by atoms with E-state index in [0.29, 0.717) is 0 Å². The Kier molecular flexibility index (Phi) is 3.94. The molecule has 104 valence electrons. The molecule has 1 N–H and O–H groups in total. The number of carbonyl (C=O) groups excluding carboxylic acids is 1. The van der Waals surface area contributed by atoms with Crippen molar-refractivity contribution in [3.63, 3.8) is 0 Å². The fourth-order valence-electron chi connectivity index (χ4n) is 1.52. The van der Waals surface area contributed by atoms with Gasteiger partial charge in [0.1, 0.15) is 0 Å². The molecular weight excluding hydrogens is 293 g/mol. The number of aromatic nitrogens is 1. The molecule has 0 bridgehead atoms. The summed E-state index contributed by atoms with van der Waals surface area (Å²) in [7, 11) is 0. The number of carbonyl (C=O) groups is 1.